The van der Waals surface area contributed by atoms with E-state index in [2.05, 4.69) is 9.97 Å². The van der Waals surface area contributed by atoms with Gasteiger partial charge < -0.3 is 41.2 Å². The van der Waals surface area contributed by atoms with Gasteiger partial charge in [0.2, 0.25) is 11.1 Å². The van der Waals surface area contributed by atoms with Crippen LogP contribution in [0.1, 0.15) is 87.2 Å². The number of nitro groups is 4. The number of carbonyl (C=O) groups is 2. The number of carboxylic acids is 2. The quantitative estimate of drug-likeness (QED) is 0.0792. The van der Waals surface area contributed by atoms with Gasteiger partial charge in [0.25, 0.3) is 33.8 Å². The fourth-order valence-corrected chi connectivity index (χ4v) is 5.54. The first kappa shape index (κ1) is 58.9. The van der Waals surface area contributed by atoms with E-state index in [0.29, 0.717) is 47.5 Å². The smallest absolute Gasteiger partial charge is 0.504 e. The Labute approximate surface area is 387 Å². The van der Waals surface area contributed by atoms with Crippen LogP contribution in [0.5, 0.6) is 0 Å². The van der Waals surface area contributed by atoms with Gasteiger partial charge >= 0.3 is 11.7 Å². The van der Waals surface area contributed by atoms with Gasteiger partial charge in [0.1, 0.15) is 20.6 Å². The minimum Gasteiger partial charge on any atom is -0.618 e. The largest absolute Gasteiger partial charge is 0.618 e. The fraction of sp³-hybridized carbons (Fsp3) is 0.316. The van der Waals surface area contributed by atoms with Crippen LogP contribution in [0.4, 0.5) is 22.7 Å². The molecule has 29 heteroatoms. The maximum atomic E-state index is 12.3. The molecule has 0 saturated heterocycles. The van der Waals surface area contributed by atoms with Crippen LogP contribution in [0.15, 0.2) is 85.5 Å². The number of nitro benzene ring substituents is 4. The van der Waals surface area contributed by atoms with Gasteiger partial charge in [-0.3, -0.25) is 50.4 Å². The summed E-state index contributed by atoms with van der Waals surface area (Å²) in [6, 6.07) is 10.8. The topological polar surface area (TPSA) is 434 Å². The van der Waals surface area contributed by atoms with E-state index in [0.717, 1.165) is 19.0 Å². The fourth-order valence-electron chi connectivity index (χ4n) is 5.54. The maximum absolute atomic E-state index is 12.3. The molecular formula is C38H42CuN10O18. The molecule has 1 radical (unpaired) electrons. The second kappa shape index (κ2) is 22.2. The van der Waals surface area contributed by atoms with Gasteiger partial charge in [-0.2, -0.15) is 0 Å². The van der Waals surface area contributed by atoms with Crippen molar-refractivity contribution in [1.29, 1.82) is 0 Å². The van der Waals surface area contributed by atoms with Crippen molar-refractivity contribution in [2.45, 2.75) is 77.5 Å². The molecule has 0 spiro atoms. The van der Waals surface area contributed by atoms with E-state index in [1.54, 1.807) is 104 Å². The van der Waals surface area contributed by atoms with E-state index >= 15 is 0 Å². The number of hydrogen-bond acceptors (Lipinski definition) is 18. The van der Waals surface area contributed by atoms with Gasteiger partial charge in [-0.25, -0.2) is 0 Å². The predicted octanol–water partition coefficient (Wildman–Crippen LogP) is 1.46. The number of nitrogens with zero attached hydrogens (tertiary/aromatic N) is 10. The van der Waals surface area contributed by atoms with E-state index in [-0.39, 0.29) is 39.7 Å². The van der Waals surface area contributed by atoms with E-state index in [9.17, 15) is 80.5 Å². The number of benzene rings is 2. The van der Waals surface area contributed by atoms with Gasteiger partial charge in [-0.15, -0.1) is 9.48 Å². The normalized spacial score (nSPS) is 15.5. The van der Waals surface area contributed by atoms with Gasteiger partial charge in [-0.1, -0.05) is 0 Å². The molecule has 28 nitrogen and oxygen atoms in total. The summed E-state index contributed by atoms with van der Waals surface area (Å²) in [7, 11) is 0. The Morgan fingerprint density at radius 2 is 0.701 bits per heavy atom. The van der Waals surface area contributed by atoms with Crippen LogP contribution in [0, 0.1) is 60.7 Å². The Morgan fingerprint density at radius 1 is 0.478 bits per heavy atom. The van der Waals surface area contributed by atoms with Crippen LogP contribution in [-0.4, -0.2) is 105 Å². The monoisotopic (exact) mass is 989 g/mol. The molecule has 0 aliphatic carbocycles. The Hall–Kier alpha value is -8.14. The number of aromatic nitrogens is 2. The third-order valence-electron chi connectivity index (χ3n) is 10.8. The molecule has 4 heterocycles. The molecule has 2 aromatic heterocycles. The zero-order valence-electron chi connectivity index (χ0n) is 36.4. The van der Waals surface area contributed by atoms with Crippen molar-refractivity contribution in [3.8, 4) is 0 Å². The summed E-state index contributed by atoms with van der Waals surface area (Å²) < 4.78 is 3.20. The summed E-state index contributed by atoms with van der Waals surface area (Å²) >= 11 is 0. The summed E-state index contributed by atoms with van der Waals surface area (Å²) in [6.45, 7) is 14.2. The van der Waals surface area contributed by atoms with Crippen molar-refractivity contribution in [2.24, 2.45) is 0 Å². The summed E-state index contributed by atoms with van der Waals surface area (Å²) in [6.07, 6.45) is 6.29. The van der Waals surface area contributed by atoms with Crippen LogP contribution in [0.25, 0.3) is 0 Å². The van der Waals surface area contributed by atoms with Crippen molar-refractivity contribution < 1.29 is 86.5 Å². The van der Waals surface area contributed by atoms with Crippen LogP contribution in [0.3, 0.4) is 0 Å². The number of hydrogen-bond donors (Lipinski definition) is 0. The average molecular weight is 990 g/mol. The number of carbonyl (C=O) groups excluding carboxylic acids is 2. The van der Waals surface area contributed by atoms with Crippen LogP contribution in [0.2, 0.25) is 0 Å². The molecule has 0 unspecified atom stereocenters. The minimum absolute atomic E-state index is 0. The maximum Gasteiger partial charge on any atom is 0.504 e. The predicted molar refractivity (Wildman–Crippen MR) is 223 cm³/mol. The van der Waals surface area contributed by atoms with Crippen molar-refractivity contribution in [3.63, 3.8) is 0 Å². The first-order chi connectivity index (χ1) is 29.4. The SMILES string of the molecule is CC1(C)[N+](=O)C(c2ccncc2)=[N+]([O-])C1(C)C.CC1(C)[N+](=O)C(c2ccncc2)=[N+]([O-])C1(C)C.O.O.O=C([O-])c1cc([N+](=O)[O-])cc([N+](=O)[O-])c1.O=C([O-])c1cc([N+](=O)[O-])cc([N+](=O)[O-])c1.[Cu]. The molecule has 4 aromatic rings. The number of nitroso groups, excluding NO2 is 2. The Morgan fingerprint density at radius 3 is 0.866 bits per heavy atom. The molecule has 0 bridgehead atoms. The molecule has 0 fully saturated rings. The average Bonchev–Trinajstić information content (AvgIpc) is 3.44. The summed E-state index contributed by atoms with van der Waals surface area (Å²) in [5.41, 5.74) is -5.74. The molecule has 0 atom stereocenters. The third kappa shape index (κ3) is 12.2. The first-order valence-corrected chi connectivity index (χ1v) is 18.2. The third-order valence-corrected chi connectivity index (χ3v) is 10.8. The number of amidine groups is 2. The molecule has 0 amide bonds. The zero-order chi connectivity index (χ0) is 48.9. The molecule has 6 rings (SSSR count). The second-order valence-corrected chi connectivity index (χ2v) is 15.6. The zero-order valence-corrected chi connectivity index (χ0v) is 37.3. The molecule has 2 aliphatic rings. The number of pyridine rings is 2. The standard InChI is InChI=1S/2C12H16N3O2.2C7H4N2O6.Cu.2H2O/c2*1-11(2)12(3,4)15(17)10(14(11)16)9-5-7-13-8-6-9;2*10-7(11)4-1-5(8(12)13)3-6(2-4)9(14)15;;;/h2*5-8H,1-4H3;2*1-3H,(H,10,11);;2*1H2/q2*+1;;;;;/p-2. The Bertz CT molecular complexity index is 2320. The van der Waals surface area contributed by atoms with E-state index < -0.39 is 87.7 Å². The van der Waals surface area contributed by atoms with Crippen molar-refractivity contribution in [3.05, 3.63) is 168 Å². The van der Waals surface area contributed by atoms with Crippen LogP contribution >= 0.6 is 0 Å². The molecular weight excluding hydrogens is 948 g/mol. The summed E-state index contributed by atoms with van der Waals surface area (Å²) in [5, 5.41) is 86.6. The molecule has 2 aliphatic heterocycles. The minimum atomic E-state index is -1.71. The number of rotatable bonds is 8. The van der Waals surface area contributed by atoms with Crippen LogP contribution < -0.4 is 10.2 Å². The molecule has 2 aromatic carbocycles. The Balaban J connectivity index is 0.000000856. The number of aromatic carboxylic acids is 2. The van der Waals surface area contributed by atoms with Gasteiger partial charge in [0.15, 0.2) is 0 Å². The van der Waals surface area contributed by atoms with Crippen molar-refractivity contribution in [1.82, 2.24) is 9.97 Å². The molecule has 0 saturated carbocycles. The summed E-state index contributed by atoms with van der Waals surface area (Å²) in [5.74, 6) is -3.10. The van der Waals surface area contributed by atoms with Crippen molar-refractivity contribution >= 4 is 46.4 Å². The van der Waals surface area contributed by atoms with Crippen LogP contribution in [-0.2, 0) is 17.1 Å². The van der Waals surface area contributed by atoms with Gasteiger partial charge in [0, 0.05) is 142 Å². The number of carboxylic acid groups (broad SMARTS) is 2. The van der Waals surface area contributed by atoms with Gasteiger partial charge in [-0.05, 0) is 24.3 Å². The molecule has 4 N–H and O–H groups in total. The molecule has 363 valence electrons. The van der Waals surface area contributed by atoms with Crippen molar-refractivity contribution in [2.75, 3.05) is 0 Å². The molecule has 67 heavy (non-hydrogen) atoms. The van der Waals surface area contributed by atoms with Gasteiger partial charge in [0.05, 0.1) is 43.8 Å². The first-order valence-electron chi connectivity index (χ1n) is 18.2. The second-order valence-electron chi connectivity index (χ2n) is 15.6. The van der Waals surface area contributed by atoms with E-state index in [4.69, 9.17) is 0 Å². The summed E-state index contributed by atoms with van der Waals surface area (Å²) in [4.78, 5) is 90.7. The Kier molecular flexibility index (Phi) is 19.5. The van der Waals surface area contributed by atoms with E-state index in [1.165, 1.54) is 0 Å². The number of non-ortho nitro benzene ring substituents is 4. The van der Waals surface area contributed by atoms with E-state index in [1.807, 2.05) is 0 Å². The number of hydroxylamine groups is 2.